The molecule has 9 heavy (non-hydrogen) atoms. The van der Waals surface area contributed by atoms with Crippen molar-refractivity contribution in [2.45, 2.75) is 13.3 Å². The molecule has 0 spiro atoms. The maximum atomic E-state index is 9.79. The first-order valence-corrected chi connectivity index (χ1v) is 3.62. The Bertz CT molecular complexity index is 130. The summed E-state index contributed by atoms with van der Waals surface area (Å²) in [4.78, 5) is 0. The van der Waals surface area contributed by atoms with Gasteiger partial charge in [-0.05, 0) is 6.42 Å². The summed E-state index contributed by atoms with van der Waals surface area (Å²) < 4.78 is 27.6. The van der Waals surface area contributed by atoms with E-state index in [9.17, 15) is 8.42 Å². The molecule has 0 aliphatic heterocycles. The Labute approximate surface area is 99.9 Å². The van der Waals surface area contributed by atoms with Crippen molar-refractivity contribution in [3.05, 3.63) is 0 Å². The fourth-order valence-electron chi connectivity index (χ4n) is 0.258. The molecule has 0 aromatic rings. The first-order chi connectivity index (χ1) is 3.06. The zero-order valence-electron chi connectivity index (χ0n) is 6.09. The molecule has 0 saturated carbocycles. The molecule has 0 unspecified atom stereocenters. The van der Waals surface area contributed by atoms with Gasteiger partial charge < -0.3 is 0 Å². The van der Waals surface area contributed by atoms with Gasteiger partial charge in [-0.15, -0.1) is 0 Å². The van der Waals surface area contributed by atoms with Crippen LogP contribution < -0.4 is 0 Å². The van der Waals surface area contributed by atoms with E-state index in [1.165, 1.54) is 0 Å². The van der Waals surface area contributed by atoms with E-state index in [0.717, 1.165) is 0 Å². The standard InChI is InChI=1S/C3H8O3S.2Na/c1-2-3-7(4,5)6;;/h2-3H2,1H3,(H,4,5,6);;. The van der Waals surface area contributed by atoms with Gasteiger partial charge in [-0.2, -0.15) is 8.42 Å². The molecule has 0 fully saturated rings. The van der Waals surface area contributed by atoms with Crippen LogP contribution in [0.15, 0.2) is 0 Å². The Balaban J connectivity index is -0.000000180. The Morgan fingerprint density at radius 2 is 1.67 bits per heavy atom. The quantitative estimate of drug-likeness (QED) is 0.450. The number of hydrogen-bond acceptors (Lipinski definition) is 2. The van der Waals surface area contributed by atoms with E-state index in [0.29, 0.717) is 6.42 Å². The predicted octanol–water partition coefficient (Wildman–Crippen LogP) is -0.477. The van der Waals surface area contributed by atoms with Gasteiger partial charge in [0.1, 0.15) is 0 Å². The van der Waals surface area contributed by atoms with Gasteiger partial charge in [-0.3, -0.25) is 4.55 Å². The third-order valence-corrected chi connectivity index (χ3v) is 1.39. The topological polar surface area (TPSA) is 54.4 Å². The summed E-state index contributed by atoms with van der Waals surface area (Å²) in [5.41, 5.74) is 0. The van der Waals surface area contributed by atoms with Crippen molar-refractivity contribution in [2.24, 2.45) is 0 Å². The van der Waals surface area contributed by atoms with Gasteiger partial charge >= 0.3 is 0 Å². The van der Waals surface area contributed by atoms with Crippen LogP contribution in [0.2, 0.25) is 0 Å². The summed E-state index contributed by atoms with van der Waals surface area (Å²) in [6.07, 6.45) is 0.471. The summed E-state index contributed by atoms with van der Waals surface area (Å²) in [5, 5.41) is 0. The predicted molar refractivity (Wildman–Crippen MR) is 38.2 cm³/mol. The van der Waals surface area contributed by atoms with E-state index < -0.39 is 10.1 Å². The molecular formula is C3H8Na2O3S. The molecule has 0 atom stereocenters. The Kier molecular flexibility index (Phi) is 15.2. The fourth-order valence-corrected chi connectivity index (χ4v) is 0.774. The summed E-state index contributed by atoms with van der Waals surface area (Å²) in [5.74, 6) is -0.132. The van der Waals surface area contributed by atoms with E-state index in [1.54, 1.807) is 6.92 Å². The van der Waals surface area contributed by atoms with E-state index in [4.69, 9.17) is 4.55 Å². The Morgan fingerprint density at radius 1 is 1.33 bits per heavy atom. The minimum Gasteiger partial charge on any atom is -0.286 e. The minimum atomic E-state index is -3.67. The molecule has 0 heterocycles. The number of hydrogen-bond donors (Lipinski definition) is 1. The number of rotatable bonds is 2. The molecule has 0 bridgehead atoms. The molecule has 2 radical (unpaired) electrons. The van der Waals surface area contributed by atoms with Gasteiger partial charge in [-0.1, -0.05) is 6.92 Å². The Morgan fingerprint density at radius 3 is 1.67 bits per heavy atom. The summed E-state index contributed by atoms with van der Waals surface area (Å²) in [7, 11) is -3.67. The molecule has 1 N–H and O–H groups in total. The van der Waals surface area contributed by atoms with Crippen LogP contribution in [-0.2, 0) is 10.1 Å². The monoisotopic (exact) mass is 170 g/mol. The summed E-state index contributed by atoms with van der Waals surface area (Å²) >= 11 is 0. The van der Waals surface area contributed by atoms with Gasteiger partial charge in [0.2, 0.25) is 0 Å². The third-order valence-electron chi connectivity index (χ3n) is 0.462. The van der Waals surface area contributed by atoms with Crippen molar-refractivity contribution < 1.29 is 13.0 Å². The van der Waals surface area contributed by atoms with Gasteiger partial charge in [-0.25, -0.2) is 0 Å². The van der Waals surface area contributed by atoms with Gasteiger partial charge in [0, 0.05) is 59.1 Å². The van der Waals surface area contributed by atoms with Gasteiger partial charge in [0.25, 0.3) is 10.1 Å². The minimum absolute atomic E-state index is 0. The maximum Gasteiger partial charge on any atom is 0.264 e. The molecule has 0 aliphatic carbocycles. The van der Waals surface area contributed by atoms with Crippen molar-refractivity contribution in [1.82, 2.24) is 0 Å². The second kappa shape index (κ2) is 8.01. The molecule has 0 rings (SSSR count). The summed E-state index contributed by atoms with van der Waals surface area (Å²) in [6.45, 7) is 1.69. The van der Waals surface area contributed by atoms with Gasteiger partial charge in [0.15, 0.2) is 0 Å². The molecule has 0 aromatic carbocycles. The van der Waals surface area contributed by atoms with E-state index in [-0.39, 0.29) is 64.9 Å². The van der Waals surface area contributed by atoms with Crippen LogP contribution in [-0.4, -0.2) is 77.8 Å². The Hall–Kier alpha value is 1.91. The average molecular weight is 170 g/mol. The molecule has 3 nitrogen and oxygen atoms in total. The van der Waals surface area contributed by atoms with Crippen molar-refractivity contribution in [3.63, 3.8) is 0 Å². The normalized spacial score (nSPS) is 9.11. The second-order valence-corrected chi connectivity index (χ2v) is 2.86. The van der Waals surface area contributed by atoms with Crippen LogP contribution in [0.5, 0.6) is 0 Å². The van der Waals surface area contributed by atoms with Crippen molar-refractivity contribution >= 4 is 69.2 Å². The third kappa shape index (κ3) is 17.8. The summed E-state index contributed by atoms with van der Waals surface area (Å²) in [6, 6.07) is 0. The van der Waals surface area contributed by atoms with Crippen molar-refractivity contribution in [3.8, 4) is 0 Å². The first-order valence-electron chi connectivity index (χ1n) is 2.01. The van der Waals surface area contributed by atoms with Gasteiger partial charge in [0.05, 0.1) is 5.75 Å². The molecule has 0 amide bonds. The SMILES string of the molecule is CCCS(=O)(=O)O.[Na].[Na]. The van der Waals surface area contributed by atoms with Crippen LogP contribution in [0.3, 0.4) is 0 Å². The molecular weight excluding hydrogens is 162 g/mol. The van der Waals surface area contributed by atoms with Crippen LogP contribution in [0.25, 0.3) is 0 Å². The van der Waals surface area contributed by atoms with Crippen LogP contribution in [0.1, 0.15) is 13.3 Å². The zero-order valence-corrected chi connectivity index (χ0v) is 10.9. The van der Waals surface area contributed by atoms with Crippen molar-refractivity contribution in [1.29, 1.82) is 0 Å². The van der Waals surface area contributed by atoms with E-state index in [1.807, 2.05) is 0 Å². The second-order valence-electron chi connectivity index (χ2n) is 1.29. The van der Waals surface area contributed by atoms with Crippen LogP contribution in [0, 0.1) is 0 Å². The van der Waals surface area contributed by atoms with E-state index in [2.05, 4.69) is 0 Å². The molecule has 0 aromatic heterocycles. The van der Waals surface area contributed by atoms with E-state index >= 15 is 0 Å². The maximum absolute atomic E-state index is 9.79. The molecule has 46 valence electrons. The molecule has 0 aliphatic rings. The smallest absolute Gasteiger partial charge is 0.264 e. The largest absolute Gasteiger partial charge is 0.286 e. The fraction of sp³-hybridized carbons (Fsp3) is 1.00. The van der Waals surface area contributed by atoms with Crippen LogP contribution >= 0.6 is 0 Å². The molecule has 6 heteroatoms. The van der Waals surface area contributed by atoms with Crippen LogP contribution in [0.4, 0.5) is 0 Å². The zero-order chi connectivity index (χ0) is 5.91. The molecule has 0 saturated heterocycles. The first kappa shape index (κ1) is 17.1. The average Bonchev–Trinajstić information content (AvgIpc) is 1.30. The van der Waals surface area contributed by atoms with Crippen molar-refractivity contribution in [2.75, 3.05) is 5.75 Å².